The van der Waals surface area contributed by atoms with Crippen molar-refractivity contribution in [3.8, 4) is 11.4 Å². The minimum Gasteiger partial charge on any atom is -0.343 e. The zero-order chi connectivity index (χ0) is 18.0. The fraction of sp³-hybridized carbons (Fsp3) is 0.471. The van der Waals surface area contributed by atoms with Crippen LogP contribution in [0.5, 0.6) is 0 Å². The number of hydrogen-bond acceptors (Lipinski definition) is 5. The van der Waals surface area contributed by atoms with Crippen molar-refractivity contribution in [2.24, 2.45) is 0 Å². The maximum absolute atomic E-state index is 13.2. The Kier molecular flexibility index (Phi) is 6.30. The van der Waals surface area contributed by atoms with Crippen molar-refractivity contribution in [3.05, 3.63) is 35.7 Å². The highest BCUT2D eigenvalue weighted by atomic mass is 35.5. The van der Waals surface area contributed by atoms with E-state index >= 15 is 0 Å². The summed E-state index contributed by atoms with van der Waals surface area (Å²) in [6.45, 7) is 3.25. The van der Waals surface area contributed by atoms with E-state index in [1.54, 1.807) is 6.92 Å². The molecule has 1 aliphatic heterocycles. The monoisotopic (exact) mass is 386 g/mol. The maximum atomic E-state index is 13.2. The van der Waals surface area contributed by atoms with Crippen molar-refractivity contribution < 1.29 is 18.1 Å². The highest BCUT2D eigenvalue weighted by Crippen LogP contribution is 2.26. The molecule has 1 fully saturated rings. The molecule has 2 N–H and O–H groups in total. The van der Waals surface area contributed by atoms with Crippen LogP contribution in [0.3, 0.4) is 0 Å². The third-order valence-corrected chi connectivity index (χ3v) is 4.22. The number of benzene rings is 1. The van der Waals surface area contributed by atoms with E-state index in [1.807, 2.05) is 24.3 Å². The van der Waals surface area contributed by atoms with Gasteiger partial charge in [-0.05, 0) is 18.9 Å². The first kappa shape index (κ1) is 20.3. The molecule has 1 aromatic carbocycles. The molecule has 2 unspecified atom stereocenters. The molecule has 9 heteroatoms. The van der Waals surface area contributed by atoms with E-state index in [4.69, 9.17) is 4.52 Å². The average molecular weight is 387 g/mol. The second kappa shape index (κ2) is 8.09. The van der Waals surface area contributed by atoms with Gasteiger partial charge in [0.2, 0.25) is 17.6 Å². The summed E-state index contributed by atoms with van der Waals surface area (Å²) >= 11 is 0. The Hall–Kier alpha value is -2.06. The SMILES string of the molecule is CCc1ccc(-c2noc(C(C)NC(=O)C3CC(F)(F)CN3)n2)cc1.Cl. The summed E-state index contributed by atoms with van der Waals surface area (Å²) in [5.41, 5.74) is 2.01. The molecule has 0 aliphatic carbocycles. The summed E-state index contributed by atoms with van der Waals surface area (Å²) in [4.78, 5) is 16.4. The molecule has 0 spiro atoms. The Labute approximate surface area is 156 Å². The highest BCUT2D eigenvalue weighted by Gasteiger charge is 2.42. The van der Waals surface area contributed by atoms with Crippen molar-refractivity contribution >= 4 is 18.3 Å². The van der Waals surface area contributed by atoms with Crippen LogP contribution in [0.4, 0.5) is 8.78 Å². The van der Waals surface area contributed by atoms with Crippen molar-refractivity contribution in [1.29, 1.82) is 0 Å². The number of hydrogen-bond donors (Lipinski definition) is 2. The van der Waals surface area contributed by atoms with Crippen molar-refractivity contribution in [2.45, 2.75) is 44.7 Å². The van der Waals surface area contributed by atoms with Gasteiger partial charge in [0.05, 0.1) is 12.6 Å². The van der Waals surface area contributed by atoms with E-state index in [0.717, 1.165) is 12.0 Å². The minimum atomic E-state index is -2.85. The number of rotatable bonds is 5. The van der Waals surface area contributed by atoms with Crippen LogP contribution in [0.25, 0.3) is 11.4 Å². The number of alkyl halides is 2. The van der Waals surface area contributed by atoms with Crippen LogP contribution in [0.15, 0.2) is 28.8 Å². The van der Waals surface area contributed by atoms with Gasteiger partial charge < -0.3 is 9.84 Å². The van der Waals surface area contributed by atoms with Crippen LogP contribution < -0.4 is 10.6 Å². The minimum absolute atomic E-state index is 0. The van der Waals surface area contributed by atoms with Gasteiger partial charge >= 0.3 is 0 Å². The lowest BCUT2D eigenvalue weighted by Crippen LogP contribution is -2.41. The number of carbonyl (C=O) groups excluding carboxylic acids is 1. The quantitative estimate of drug-likeness (QED) is 0.826. The van der Waals surface area contributed by atoms with E-state index in [-0.39, 0.29) is 18.3 Å². The fourth-order valence-electron chi connectivity index (χ4n) is 2.69. The molecular formula is C17H21ClF2N4O2. The Morgan fingerprint density at radius 3 is 2.69 bits per heavy atom. The number of amides is 1. The van der Waals surface area contributed by atoms with E-state index in [2.05, 4.69) is 27.7 Å². The molecule has 142 valence electrons. The number of halogens is 3. The van der Waals surface area contributed by atoms with E-state index in [1.165, 1.54) is 5.56 Å². The number of nitrogens with zero attached hydrogens (tertiary/aromatic N) is 2. The molecule has 0 radical (unpaired) electrons. The normalized spacial score (nSPS) is 19.6. The third kappa shape index (κ3) is 4.56. The highest BCUT2D eigenvalue weighted by molar-refractivity contribution is 5.85. The number of carbonyl (C=O) groups is 1. The van der Waals surface area contributed by atoms with Crippen LogP contribution >= 0.6 is 12.4 Å². The Bertz CT molecular complexity index is 751. The lowest BCUT2D eigenvalue weighted by atomic mass is 10.1. The molecule has 1 aromatic heterocycles. The van der Waals surface area contributed by atoms with E-state index in [9.17, 15) is 13.6 Å². The van der Waals surface area contributed by atoms with Crippen LogP contribution in [-0.2, 0) is 11.2 Å². The molecule has 1 amide bonds. The van der Waals surface area contributed by atoms with Gasteiger partial charge in [0.15, 0.2) is 0 Å². The van der Waals surface area contributed by atoms with Gasteiger partial charge in [-0.25, -0.2) is 8.78 Å². The standard InChI is InChI=1S/C17H20F2N4O2.ClH/c1-3-11-4-6-12(7-5-11)14-22-16(25-23-14)10(2)21-15(24)13-8-17(18,19)9-20-13;/h4-7,10,13,20H,3,8-9H2,1-2H3,(H,21,24);1H. The second-order valence-electron chi connectivity index (χ2n) is 6.23. The van der Waals surface area contributed by atoms with Gasteiger partial charge in [-0.1, -0.05) is 36.3 Å². The van der Waals surface area contributed by atoms with Gasteiger partial charge in [0, 0.05) is 12.0 Å². The number of nitrogens with one attached hydrogen (secondary N) is 2. The molecule has 0 bridgehead atoms. The smallest absolute Gasteiger partial charge is 0.262 e. The summed E-state index contributed by atoms with van der Waals surface area (Å²) in [7, 11) is 0. The van der Waals surface area contributed by atoms with Gasteiger partial charge in [0.25, 0.3) is 5.92 Å². The van der Waals surface area contributed by atoms with Crippen molar-refractivity contribution in [3.63, 3.8) is 0 Å². The molecule has 1 aliphatic rings. The van der Waals surface area contributed by atoms with Gasteiger partial charge in [0.1, 0.15) is 6.04 Å². The first-order chi connectivity index (χ1) is 11.9. The lowest BCUT2D eigenvalue weighted by Gasteiger charge is -2.14. The summed E-state index contributed by atoms with van der Waals surface area (Å²) in [6.07, 6.45) is 0.430. The predicted octanol–water partition coefficient (Wildman–Crippen LogP) is 2.90. The summed E-state index contributed by atoms with van der Waals surface area (Å²) in [5, 5.41) is 9.06. The summed E-state index contributed by atoms with van der Waals surface area (Å²) in [5.74, 6) is -2.71. The Balaban J connectivity index is 0.00000243. The molecule has 3 rings (SSSR count). The van der Waals surface area contributed by atoms with Crippen molar-refractivity contribution in [2.75, 3.05) is 6.54 Å². The zero-order valence-electron chi connectivity index (χ0n) is 14.5. The fourth-order valence-corrected chi connectivity index (χ4v) is 2.69. The molecule has 2 aromatic rings. The maximum Gasteiger partial charge on any atom is 0.262 e. The summed E-state index contributed by atoms with van der Waals surface area (Å²) < 4.78 is 31.6. The number of aryl methyl sites for hydroxylation is 1. The Morgan fingerprint density at radius 2 is 2.12 bits per heavy atom. The summed E-state index contributed by atoms with van der Waals surface area (Å²) in [6, 6.07) is 6.30. The van der Waals surface area contributed by atoms with Gasteiger partial charge in [-0.3, -0.25) is 10.1 Å². The lowest BCUT2D eigenvalue weighted by molar-refractivity contribution is -0.124. The van der Waals surface area contributed by atoms with Crippen LogP contribution in [0, 0.1) is 0 Å². The first-order valence-corrected chi connectivity index (χ1v) is 8.22. The largest absolute Gasteiger partial charge is 0.343 e. The molecular weight excluding hydrogens is 366 g/mol. The van der Waals surface area contributed by atoms with Gasteiger partial charge in [-0.15, -0.1) is 12.4 Å². The zero-order valence-corrected chi connectivity index (χ0v) is 15.3. The predicted molar refractivity (Wildman–Crippen MR) is 94.3 cm³/mol. The first-order valence-electron chi connectivity index (χ1n) is 8.22. The molecule has 0 saturated carbocycles. The van der Waals surface area contributed by atoms with E-state index in [0.29, 0.717) is 5.82 Å². The van der Waals surface area contributed by atoms with Crippen LogP contribution in [0.2, 0.25) is 0 Å². The topological polar surface area (TPSA) is 80.0 Å². The van der Waals surface area contributed by atoms with E-state index < -0.39 is 36.9 Å². The molecule has 6 nitrogen and oxygen atoms in total. The van der Waals surface area contributed by atoms with Crippen molar-refractivity contribution in [1.82, 2.24) is 20.8 Å². The van der Waals surface area contributed by atoms with Gasteiger partial charge in [-0.2, -0.15) is 4.98 Å². The van der Waals surface area contributed by atoms with Crippen LogP contribution in [0.1, 0.15) is 37.8 Å². The Morgan fingerprint density at radius 1 is 1.42 bits per heavy atom. The average Bonchev–Trinajstić information content (AvgIpc) is 3.21. The molecule has 1 saturated heterocycles. The second-order valence-corrected chi connectivity index (χ2v) is 6.23. The molecule has 26 heavy (non-hydrogen) atoms. The number of aromatic nitrogens is 2. The molecule has 2 heterocycles. The van der Waals surface area contributed by atoms with Crippen LogP contribution in [-0.4, -0.2) is 34.6 Å². The third-order valence-electron chi connectivity index (χ3n) is 4.22. The molecule has 2 atom stereocenters.